The number of hydrogen-bond donors (Lipinski definition) is 1. The van der Waals surface area contributed by atoms with Gasteiger partial charge in [0, 0.05) is 13.1 Å². The van der Waals surface area contributed by atoms with Crippen LogP contribution in [0.4, 0.5) is 0 Å². The van der Waals surface area contributed by atoms with Crippen LogP contribution in [0, 0.1) is 20.8 Å². The van der Waals surface area contributed by atoms with Gasteiger partial charge in [0.1, 0.15) is 0 Å². The van der Waals surface area contributed by atoms with Gasteiger partial charge < -0.3 is 10.2 Å². The Morgan fingerprint density at radius 1 is 1.26 bits per heavy atom. The number of aryl methyl sites for hydroxylation is 3. The number of nitrogens with one attached hydrogen (secondary N) is 1. The van der Waals surface area contributed by atoms with Gasteiger partial charge in [-0.3, -0.25) is 4.79 Å². The number of carbonyl (C=O) groups excluding carboxylic acids is 1. The third-order valence-electron chi connectivity index (χ3n) is 3.93. The fourth-order valence-electron chi connectivity index (χ4n) is 2.87. The van der Waals surface area contributed by atoms with E-state index in [4.69, 9.17) is 0 Å². The van der Waals surface area contributed by atoms with E-state index in [1.807, 2.05) is 11.8 Å². The molecule has 1 aliphatic rings. The molecule has 1 amide bonds. The molecule has 1 atom stereocenters. The van der Waals surface area contributed by atoms with Crippen molar-refractivity contribution < 1.29 is 4.79 Å². The van der Waals surface area contributed by atoms with Gasteiger partial charge in [0.05, 0.1) is 6.04 Å². The Morgan fingerprint density at radius 3 is 2.53 bits per heavy atom. The maximum atomic E-state index is 12.3. The molecule has 0 aromatic heterocycles. The topological polar surface area (TPSA) is 32.3 Å². The van der Waals surface area contributed by atoms with Gasteiger partial charge >= 0.3 is 0 Å². The average Bonchev–Trinajstić information content (AvgIpc) is 2.48. The van der Waals surface area contributed by atoms with Crippen molar-refractivity contribution in [1.82, 2.24) is 10.2 Å². The zero-order chi connectivity index (χ0) is 14.0. The standard InChI is InChI=1S/C16H24N2O/c1-11-8-12(2)15(13(3)9-11)10-18-7-5-6-17-14(4)16(18)19/h8-9,14,17H,5-7,10H2,1-4H3. The van der Waals surface area contributed by atoms with Crippen molar-refractivity contribution >= 4 is 5.91 Å². The van der Waals surface area contributed by atoms with Gasteiger partial charge in [0.2, 0.25) is 5.91 Å². The maximum absolute atomic E-state index is 12.3. The first-order valence-electron chi connectivity index (χ1n) is 7.08. The van der Waals surface area contributed by atoms with E-state index in [9.17, 15) is 4.79 Å². The minimum absolute atomic E-state index is 0.0615. The summed E-state index contributed by atoms with van der Waals surface area (Å²) < 4.78 is 0. The van der Waals surface area contributed by atoms with E-state index in [0.717, 1.165) is 26.1 Å². The van der Waals surface area contributed by atoms with Gasteiger partial charge in [-0.1, -0.05) is 17.7 Å². The summed E-state index contributed by atoms with van der Waals surface area (Å²) >= 11 is 0. The van der Waals surface area contributed by atoms with Crippen molar-refractivity contribution in [3.8, 4) is 0 Å². The lowest BCUT2D eigenvalue weighted by Gasteiger charge is -2.24. The van der Waals surface area contributed by atoms with Gasteiger partial charge in [0.15, 0.2) is 0 Å². The van der Waals surface area contributed by atoms with Gasteiger partial charge in [-0.05, 0) is 57.4 Å². The van der Waals surface area contributed by atoms with Gasteiger partial charge in [-0.15, -0.1) is 0 Å². The number of hydrogen-bond acceptors (Lipinski definition) is 2. The molecule has 1 unspecified atom stereocenters. The number of carbonyl (C=O) groups is 1. The Morgan fingerprint density at radius 2 is 1.89 bits per heavy atom. The molecule has 19 heavy (non-hydrogen) atoms. The molecule has 1 heterocycles. The summed E-state index contributed by atoms with van der Waals surface area (Å²) in [7, 11) is 0. The number of benzene rings is 1. The molecule has 1 aromatic carbocycles. The van der Waals surface area contributed by atoms with Crippen molar-refractivity contribution in [1.29, 1.82) is 0 Å². The highest BCUT2D eigenvalue weighted by molar-refractivity contribution is 5.81. The molecule has 0 aliphatic carbocycles. The molecule has 0 bridgehead atoms. The number of rotatable bonds is 2. The molecular weight excluding hydrogens is 236 g/mol. The molecule has 3 nitrogen and oxygen atoms in total. The van der Waals surface area contributed by atoms with Crippen LogP contribution in [-0.2, 0) is 11.3 Å². The van der Waals surface area contributed by atoms with Crippen LogP contribution in [0.1, 0.15) is 35.6 Å². The van der Waals surface area contributed by atoms with E-state index in [0.29, 0.717) is 0 Å². The van der Waals surface area contributed by atoms with Crippen molar-refractivity contribution in [2.75, 3.05) is 13.1 Å². The summed E-state index contributed by atoms with van der Waals surface area (Å²) in [5, 5.41) is 3.26. The largest absolute Gasteiger partial charge is 0.337 e. The third-order valence-corrected chi connectivity index (χ3v) is 3.93. The summed E-state index contributed by atoms with van der Waals surface area (Å²) in [6.07, 6.45) is 1.03. The first-order valence-corrected chi connectivity index (χ1v) is 7.08. The lowest BCUT2D eigenvalue weighted by atomic mass is 9.99. The molecule has 1 saturated heterocycles. The monoisotopic (exact) mass is 260 g/mol. The second-order valence-electron chi connectivity index (χ2n) is 5.67. The predicted molar refractivity (Wildman–Crippen MR) is 78.2 cm³/mol. The Kier molecular flexibility index (Phi) is 4.25. The van der Waals surface area contributed by atoms with Crippen molar-refractivity contribution in [3.05, 3.63) is 34.4 Å². The van der Waals surface area contributed by atoms with E-state index in [1.54, 1.807) is 0 Å². The summed E-state index contributed by atoms with van der Waals surface area (Å²) in [6, 6.07) is 4.34. The van der Waals surface area contributed by atoms with E-state index < -0.39 is 0 Å². The fraction of sp³-hybridized carbons (Fsp3) is 0.562. The van der Waals surface area contributed by atoms with Crippen molar-refractivity contribution in [3.63, 3.8) is 0 Å². The van der Waals surface area contributed by atoms with Gasteiger partial charge in [0.25, 0.3) is 0 Å². The molecule has 2 rings (SSSR count). The molecule has 1 N–H and O–H groups in total. The molecule has 104 valence electrons. The summed E-state index contributed by atoms with van der Waals surface area (Å²) in [5.41, 5.74) is 5.16. The molecule has 0 spiro atoms. The molecule has 3 heteroatoms. The van der Waals surface area contributed by atoms with Crippen LogP contribution in [0.2, 0.25) is 0 Å². The first-order chi connectivity index (χ1) is 8.99. The Balaban J connectivity index is 2.22. The average molecular weight is 260 g/mol. The van der Waals surface area contributed by atoms with Crippen LogP contribution in [0.3, 0.4) is 0 Å². The quantitative estimate of drug-likeness (QED) is 0.885. The predicted octanol–water partition coefficient (Wildman–Crippen LogP) is 2.32. The van der Waals surface area contributed by atoms with Gasteiger partial charge in [-0.25, -0.2) is 0 Å². The van der Waals surface area contributed by atoms with E-state index in [2.05, 4.69) is 38.2 Å². The lowest BCUT2D eigenvalue weighted by molar-refractivity contribution is -0.132. The van der Waals surface area contributed by atoms with Crippen molar-refractivity contribution in [2.45, 2.75) is 46.7 Å². The van der Waals surface area contributed by atoms with Crippen LogP contribution in [-0.4, -0.2) is 29.9 Å². The number of amides is 1. The van der Waals surface area contributed by atoms with E-state index >= 15 is 0 Å². The highest BCUT2D eigenvalue weighted by Crippen LogP contribution is 2.19. The van der Waals surface area contributed by atoms with Crippen LogP contribution < -0.4 is 5.32 Å². The van der Waals surface area contributed by atoms with E-state index in [-0.39, 0.29) is 11.9 Å². The zero-order valence-corrected chi connectivity index (χ0v) is 12.4. The van der Waals surface area contributed by atoms with E-state index in [1.165, 1.54) is 22.3 Å². The normalized spacial score (nSPS) is 20.5. The minimum atomic E-state index is -0.0615. The number of nitrogens with zero attached hydrogens (tertiary/aromatic N) is 1. The Bertz CT molecular complexity index is 459. The summed E-state index contributed by atoms with van der Waals surface area (Å²) in [5.74, 6) is 0.219. The molecule has 1 aromatic rings. The smallest absolute Gasteiger partial charge is 0.239 e. The Hall–Kier alpha value is -1.35. The summed E-state index contributed by atoms with van der Waals surface area (Å²) in [4.78, 5) is 14.3. The van der Waals surface area contributed by atoms with Crippen LogP contribution >= 0.6 is 0 Å². The summed E-state index contributed by atoms with van der Waals surface area (Å²) in [6.45, 7) is 10.9. The molecular formula is C16H24N2O. The van der Waals surface area contributed by atoms with Crippen LogP contribution in [0.25, 0.3) is 0 Å². The SMILES string of the molecule is Cc1cc(C)c(CN2CCCNC(C)C2=O)c(C)c1. The third kappa shape index (κ3) is 3.16. The zero-order valence-electron chi connectivity index (χ0n) is 12.4. The highest BCUT2D eigenvalue weighted by Gasteiger charge is 2.23. The molecule has 0 radical (unpaired) electrons. The Labute approximate surface area is 116 Å². The first kappa shape index (κ1) is 14.1. The molecule has 1 fully saturated rings. The minimum Gasteiger partial charge on any atom is -0.337 e. The molecule has 0 saturated carbocycles. The van der Waals surface area contributed by atoms with Gasteiger partial charge in [-0.2, -0.15) is 0 Å². The van der Waals surface area contributed by atoms with Crippen molar-refractivity contribution in [2.24, 2.45) is 0 Å². The van der Waals surface area contributed by atoms with Crippen LogP contribution in [0.15, 0.2) is 12.1 Å². The fourth-order valence-corrected chi connectivity index (χ4v) is 2.87. The highest BCUT2D eigenvalue weighted by atomic mass is 16.2. The second kappa shape index (κ2) is 5.74. The maximum Gasteiger partial charge on any atom is 0.239 e. The second-order valence-corrected chi connectivity index (χ2v) is 5.67. The lowest BCUT2D eigenvalue weighted by Crippen LogP contribution is -2.41. The molecule has 1 aliphatic heterocycles. The van der Waals surface area contributed by atoms with Crippen LogP contribution in [0.5, 0.6) is 0 Å².